The Morgan fingerprint density at radius 1 is 1.45 bits per heavy atom. The minimum atomic E-state index is -0.00319. The lowest BCUT2D eigenvalue weighted by atomic mass is 10.1. The van der Waals surface area contributed by atoms with Gasteiger partial charge in [0, 0.05) is 5.92 Å². The molecular formula is C9H14O2. The zero-order valence-corrected chi connectivity index (χ0v) is 6.96. The Kier molecular flexibility index (Phi) is 2.22. The Hall–Kier alpha value is -0.920. The molecule has 1 atom stereocenters. The summed E-state index contributed by atoms with van der Waals surface area (Å²) in [4.78, 5) is 0. The molecule has 1 aliphatic rings. The minimum Gasteiger partial charge on any atom is -0.508 e. The molecule has 0 heterocycles. The van der Waals surface area contributed by atoms with E-state index in [0.717, 1.165) is 18.4 Å². The van der Waals surface area contributed by atoms with E-state index in [4.69, 9.17) is 0 Å². The van der Waals surface area contributed by atoms with E-state index < -0.39 is 0 Å². The van der Waals surface area contributed by atoms with Crippen LogP contribution in [0.2, 0.25) is 0 Å². The second kappa shape index (κ2) is 2.99. The van der Waals surface area contributed by atoms with Crippen LogP contribution in [0.4, 0.5) is 0 Å². The number of allylic oxidation sites excluding steroid dienone is 2. The number of aliphatic hydroxyl groups excluding tert-OH is 2. The van der Waals surface area contributed by atoms with Crippen LogP contribution in [-0.4, -0.2) is 10.2 Å². The van der Waals surface area contributed by atoms with E-state index in [9.17, 15) is 10.2 Å². The summed E-state index contributed by atoms with van der Waals surface area (Å²) in [6, 6.07) is 0. The van der Waals surface area contributed by atoms with Crippen LogP contribution in [0.1, 0.15) is 26.7 Å². The van der Waals surface area contributed by atoms with Gasteiger partial charge in [0.1, 0.15) is 5.76 Å². The van der Waals surface area contributed by atoms with Gasteiger partial charge in [-0.1, -0.05) is 26.3 Å². The van der Waals surface area contributed by atoms with Gasteiger partial charge in [-0.3, -0.25) is 0 Å². The quantitative estimate of drug-likeness (QED) is 0.642. The van der Waals surface area contributed by atoms with E-state index in [2.05, 4.69) is 0 Å². The molecule has 0 bridgehead atoms. The molecule has 0 amide bonds. The van der Waals surface area contributed by atoms with Crippen molar-refractivity contribution in [2.24, 2.45) is 5.92 Å². The van der Waals surface area contributed by atoms with E-state index in [0.29, 0.717) is 0 Å². The molecule has 1 rings (SSSR count). The number of hydrogen-bond donors (Lipinski definition) is 2. The number of rotatable bonds is 2. The molecule has 0 radical (unpaired) electrons. The van der Waals surface area contributed by atoms with Gasteiger partial charge in [0.05, 0.1) is 0 Å². The van der Waals surface area contributed by atoms with Crippen molar-refractivity contribution in [2.45, 2.75) is 26.7 Å². The van der Waals surface area contributed by atoms with E-state index >= 15 is 0 Å². The van der Waals surface area contributed by atoms with Crippen molar-refractivity contribution in [1.29, 1.82) is 0 Å². The molecule has 0 aromatic rings. The third-order valence-corrected chi connectivity index (χ3v) is 1.95. The largest absolute Gasteiger partial charge is 0.508 e. The Morgan fingerprint density at radius 3 is 2.45 bits per heavy atom. The number of aliphatic hydroxyl groups is 2. The maximum absolute atomic E-state index is 9.32. The third kappa shape index (κ3) is 1.39. The highest BCUT2D eigenvalue weighted by atomic mass is 16.3. The summed E-state index contributed by atoms with van der Waals surface area (Å²) in [6.07, 6.45) is 3.75. The van der Waals surface area contributed by atoms with Crippen molar-refractivity contribution in [1.82, 2.24) is 0 Å². The summed E-state index contributed by atoms with van der Waals surface area (Å²) in [5.41, 5.74) is 0.887. The first-order valence-electron chi connectivity index (χ1n) is 4.00. The summed E-state index contributed by atoms with van der Waals surface area (Å²) < 4.78 is 0. The molecule has 2 heteroatoms. The Balaban J connectivity index is 2.77. The van der Waals surface area contributed by atoms with E-state index in [1.165, 1.54) is 0 Å². The average molecular weight is 154 g/mol. The highest BCUT2D eigenvalue weighted by Crippen LogP contribution is 2.29. The first-order chi connectivity index (χ1) is 5.16. The Labute approximate surface area is 66.9 Å². The maximum atomic E-state index is 9.32. The van der Waals surface area contributed by atoms with Crippen LogP contribution in [0.25, 0.3) is 0 Å². The second-order valence-electron chi connectivity index (χ2n) is 2.96. The Bertz CT molecular complexity index is 214. The normalized spacial score (nSPS) is 24.2. The maximum Gasteiger partial charge on any atom is 0.156 e. The number of hydrogen-bond acceptors (Lipinski definition) is 2. The molecule has 0 aromatic carbocycles. The molecular weight excluding hydrogens is 140 g/mol. The Morgan fingerprint density at radius 2 is 2.09 bits per heavy atom. The van der Waals surface area contributed by atoms with Gasteiger partial charge >= 0.3 is 0 Å². The fourth-order valence-electron chi connectivity index (χ4n) is 1.31. The zero-order valence-electron chi connectivity index (χ0n) is 6.96. The van der Waals surface area contributed by atoms with Crippen LogP contribution >= 0.6 is 0 Å². The minimum absolute atomic E-state index is 0.00319. The molecule has 0 aliphatic heterocycles. The predicted molar refractivity (Wildman–Crippen MR) is 44.4 cm³/mol. The van der Waals surface area contributed by atoms with E-state index in [-0.39, 0.29) is 17.4 Å². The van der Waals surface area contributed by atoms with Crippen molar-refractivity contribution < 1.29 is 10.2 Å². The lowest BCUT2D eigenvalue weighted by molar-refractivity contribution is 0.313. The van der Waals surface area contributed by atoms with E-state index in [1.807, 2.05) is 19.9 Å². The van der Waals surface area contributed by atoms with Gasteiger partial charge in [-0.25, -0.2) is 0 Å². The highest BCUT2D eigenvalue weighted by Gasteiger charge is 2.21. The van der Waals surface area contributed by atoms with Crippen molar-refractivity contribution in [3.05, 3.63) is 23.2 Å². The molecule has 0 spiro atoms. The highest BCUT2D eigenvalue weighted by molar-refractivity contribution is 5.36. The monoisotopic (exact) mass is 154 g/mol. The van der Waals surface area contributed by atoms with Crippen molar-refractivity contribution in [2.75, 3.05) is 0 Å². The first kappa shape index (κ1) is 8.18. The van der Waals surface area contributed by atoms with Crippen LogP contribution in [0.15, 0.2) is 23.2 Å². The van der Waals surface area contributed by atoms with Gasteiger partial charge in [0.25, 0.3) is 0 Å². The SMILES string of the molecule is CCCC1=CC(C)C(O)=C1O. The average Bonchev–Trinajstić information content (AvgIpc) is 2.19. The smallest absolute Gasteiger partial charge is 0.156 e. The summed E-state index contributed by atoms with van der Waals surface area (Å²) in [7, 11) is 0. The van der Waals surface area contributed by atoms with E-state index in [1.54, 1.807) is 0 Å². The second-order valence-corrected chi connectivity index (χ2v) is 2.96. The van der Waals surface area contributed by atoms with Crippen LogP contribution in [0, 0.1) is 5.92 Å². The molecule has 62 valence electrons. The summed E-state index contributed by atoms with van der Waals surface area (Å²) in [6.45, 7) is 3.92. The lowest BCUT2D eigenvalue weighted by Gasteiger charge is -1.99. The van der Waals surface area contributed by atoms with Gasteiger partial charge < -0.3 is 10.2 Å². The molecule has 0 fully saturated rings. The third-order valence-electron chi connectivity index (χ3n) is 1.95. The fourth-order valence-corrected chi connectivity index (χ4v) is 1.31. The molecule has 0 saturated carbocycles. The topological polar surface area (TPSA) is 40.5 Å². The van der Waals surface area contributed by atoms with Gasteiger partial charge in [-0.15, -0.1) is 0 Å². The van der Waals surface area contributed by atoms with Crippen LogP contribution in [0.3, 0.4) is 0 Å². The lowest BCUT2D eigenvalue weighted by Crippen LogP contribution is -1.91. The predicted octanol–water partition coefficient (Wildman–Crippen LogP) is 2.69. The van der Waals surface area contributed by atoms with Crippen LogP contribution in [0.5, 0.6) is 0 Å². The molecule has 2 nitrogen and oxygen atoms in total. The summed E-state index contributed by atoms with van der Waals surface area (Å²) >= 11 is 0. The first-order valence-corrected chi connectivity index (χ1v) is 4.00. The van der Waals surface area contributed by atoms with Gasteiger partial charge in [0.2, 0.25) is 0 Å². The van der Waals surface area contributed by atoms with Crippen LogP contribution in [-0.2, 0) is 0 Å². The summed E-state index contributed by atoms with van der Waals surface area (Å²) in [5.74, 6) is 0.212. The molecule has 0 saturated heterocycles. The van der Waals surface area contributed by atoms with Gasteiger partial charge in [-0.2, -0.15) is 0 Å². The molecule has 1 unspecified atom stereocenters. The molecule has 1 aliphatic carbocycles. The summed E-state index contributed by atoms with van der Waals surface area (Å²) in [5, 5.41) is 18.6. The standard InChI is InChI=1S/C9H14O2/c1-3-4-7-5-6(2)8(10)9(7)11/h5-6,10-11H,3-4H2,1-2H3. The van der Waals surface area contributed by atoms with Gasteiger partial charge in [-0.05, 0) is 12.0 Å². The molecule has 11 heavy (non-hydrogen) atoms. The van der Waals surface area contributed by atoms with Crippen molar-refractivity contribution >= 4 is 0 Å². The fraction of sp³-hybridized carbons (Fsp3) is 0.556. The molecule has 0 aromatic heterocycles. The van der Waals surface area contributed by atoms with Crippen molar-refractivity contribution in [3.8, 4) is 0 Å². The molecule has 2 N–H and O–H groups in total. The van der Waals surface area contributed by atoms with Gasteiger partial charge in [0.15, 0.2) is 5.76 Å². The van der Waals surface area contributed by atoms with Crippen molar-refractivity contribution in [3.63, 3.8) is 0 Å². The zero-order chi connectivity index (χ0) is 8.43. The van der Waals surface area contributed by atoms with Crippen LogP contribution < -0.4 is 0 Å².